The lowest BCUT2D eigenvalue weighted by Crippen LogP contribution is -2.68. The van der Waals surface area contributed by atoms with E-state index in [0.717, 1.165) is 37.7 Å². The van der Waals surface area contributed by atoms with Gasteiger partial charge in [0.25, 0.3) is 0 Å². The first-order valence-corrected chi connectivity index (χ1v) is 12.7. The third kappa shape index (κ3) is 2.69. The van der Waals surface area contributed by atoms with Gasteiger partial charge in [0, 0.05) is 23.0 Å². The van der Waals surface area contributed by atoms with Gasteiger partial charge in [0.1, 0.15) is 6.10 Å². The SMILES string of the molecule is CCC[C@@]1(SC)CC[C@H]2[C@@H]3CCC4=CC(=O)C=C[C@]4(C)C3(F)[C@@H](OC(C)=O)C[C@@]21C. The van der Waals surface area contributed by atoms with Gasteiger partial charge in [-0.1, -0.05) is 31.9 Å². The second-order valence-electron chi connectivity index (χ2n) is 10.3. The molecule has 4 rings (SSSR count). The molecule has 0 aliphatic heterocycles. The summed E-state index contributed by atoms with van der Waals surface area (Å²) < 4.78 is 23.5. The number of alkyl halides is 1. The summed E-state index contributed by atoms with van der Waals surface area (Å²) in [6.07, 6.45) is 12.6. The third-order valence-electron chi connectivity index (χ3n) is 9.26. The average Bonchev–Trinajstić information content (AvgIpc) is 2.96. The highest BCUT2D eigenvalue weighted by atomic mass is 32.2. The number of thioether (sulfide) groups is 1. The highest BCUT2D eigenvalue weighted by Gasteiger charge is 2.73. The molecule has 1 unspecified atom stereocenters. The van der Waals surface area contributed by atoms with Crippen molar-refractivity contribution in [3.63, 3.8) is 0 Å². The van der Waals surface area contributed by atoms with E-state index in [2.05, 4.69) is 20.1 Å². The summed E-state index contributed by atoms with van der Waals surface area (Å²) in [5.41, 5.74) is -1.81. The first-order chi connectivity index (χ1) is 14.1. The molecule has 4 aliphatic carbocycles. The third-order valence-corrected chi connectivity index (χ3v) is 10.9. The second kappa shape index (κ2) is 7.21. The lowest BCUT2D eigenvalue weighted by atomic mass is 9.45. The van der Waals surface area contributed by atoms with E-state index in [1.54, 1.807) is 12.2 Å². The molecule has 0 bridgehead atoms. The molecule has 5 heteroatoms. The van der Waals surface area contributed by atoms with Gasteiger partial charge in [0.15, 0.2) is 11.5 Å². The molecule has 0 saturated heterocycles. The normalized spacial score (nSPS) is 47.2. The van der Waals surface area contributed by atoms with Crippen molar-refractivity contribution in [2.45, 2.75) is 89.2 Å². The molecule has 0 radical (unpaired) electrons. The number of carbonyl (C=O) groups excluding carboxylic acids is 2. The molecular weight excluding hydrogens is 399 g/mol. The van der Waals surface area contributed by atoms with Gasteiger partial charge in [-0.25, -0.2) is 4.39 Å². The zero-order valence-electron chi connectivity index (χ0n) is 18.9. The van der Waals surface area contributed by atoms with Crippen LogP contribution in [-0.2, 0) is 14.3 Å². The molecule has 3 saturated carbocycles. The fourth-order valence-electron chi connectivity index (χ4n) is 7.83. The minimum Gasteiger partial charge on any atom is -0.459 e. The maximum absolute atomic E-state index is 17.6. The monoisotopic (exact) mass is 434 g/mol. The number of hydrogen-bond donors (Lipinski definition) is 0. The van der Waals surface area contributed by atoms with Crippen LogP contribution in [0.3, 0.4) is 0 Å². The molecule has 3 nitrogen and oxygen atoms in total. The van der Waals surface area contributed by atoms with Crippen LogP contribution in [0.4, 0.5) is 4.39 Å². The van der Waals surface area contributed by atoms with Crippen molar-refractivity contribution in [3.05, 3.63) is 23.8 Å². The summed E-state index contributed by atoms with van der Waals surface area (Å²) >= 11 is 1.94. The molecule has 0 aromatic rings. The van der Waals surface area contributed by atoms with Crippen LogP contribution < -0.4 is 0 Å². The van der Waals surface area contributed by atoms with Crippen LogP contribution in [-0.4, -0.2) is 34.5 Å². The maximum atomic E-state index is 17.6. The highest BCUT2D eigenvalue weighted by Crippen LogP contribution is 2.72. The van der Waals surface area contributed by atoms with Crippen molar-refractivity contribution in [1.82, 2.24) is 0 Å². The molecule has 166 valence electrons. The summed E-state index contributed by atoms with van der Waals surface area (Å²) in [4.78, 5) is 24.2. The molecule has 0 N–H and O–H groups in total. The van der Waals surface area contributed by atoms with E-state index >= 15 is 4.39 Å². The fourth-order valence-corrected chi connectivity index (χ4v) is 9.26. The van der Waals surface area contributed by atoms with Crippen molar-refractivity contribution in [2.75, 3.05) is 6.26 Å². The van der Waals surface area contributed by atoms with Crippen molar-refractivity contribution in [2.24, 2.45) is 22.7 Å². The number of halogens is 1. The first kappa shape index (κ1) is 22.1. The van der Waals surface area contributed by atoms with Gasteiger partial charge in [0.05, 0.1) is 0 Å². The Balaban J connectivity index is 1.85. The zero-order chi connectivity index (χ0) is 21.9. The van der Waals surface area contributed by atoms with E-state index < -0.39 is 23.2 Å². The van der Waals surface area contributed by atoms with Crippen molar-refractivity contribution < 1.29 is 18.7 Å². The summed E-state index contributed by atoms with van der Waals surface area (Å²) in [7, 11) is 0. The van der Waals surface area contributed by atoms with E-state index in [4.69, 9.17) is 4.74 Å². The zero-order valence-corrected chi connectivity index (χ0v) is 19.7. The van der Waals surface area contributed by atoms with Gasteiger partial charge >= 0.3 is 5.97 Å². The largest absolute Gasteiger partial charge is 0.459 e. The fraction of sp³-hybridized carbons (Fsp3) is 0.760. The molecule has 0 heterocycles. The number of fused-ring (bicyclic) bond motifs is 5. The van der Waals surface area contributed by atoms with E-state index in [9.17, 15) is 9.59 Å². The van der Waals surface area contributed by atoms with Crippen LogP contribution in [0, 0.1) is 22.7 Å². The average molecular weight is 435 g/mol. The summed E-state index contributed by atoms with van der Waals surface area (Å²) in [5, 5.41) is 0. The van der Waals surface area contributed by atoms with Crippen LogP contribution in [0.25, 0.3) is 0 Å². The van der Waals surface area contributed by atoms with Crippen LogP contribution in [0.1, 0.15) is 72.6 Å². The lowest BCUT2D eigenvalue weighted by molar-refractivity contribution is -0.211. The minimum atomic E-state index is -1.69. The number of ether oxygens (including phenoxy) is 1. The van der Waals surface area contributed by atoms with Crippen LogP contribution in [0.2, 0.25) is 0 Å². The number of carbonyl (C=O) groups is 2. The Morgan fingerprint density at radius 3 is 2.67 bits per heavy atom. The lowest BCUT2D eigenvalue weighted by Gasteiger charge is -2.63. The molecule has 3 fully saturated rings. The van der Waals surface area contributed by atoms with E-state index in [1.807, 2.05) is 18.7 Å². The molecule has 0 aromatic carbocycles. The second-order valence-corrected chi connectivity index (χ2v) is 11.5. The van der Waals surface area contributed by atoms with Gasteiger partial charge in [-0.2, -0.15) is 11.8 Å². The van der Waals surface area contributed by atoms with Gasteiger partial charge in [-0.05, 0) is 75.2 Å². The number of esters is 1. The Kier molecular flexibility index (Phi) is 5.32. The predicted octanol–water partition coefficient (Wildman–Crippen LogP) is 5.83. The Hall–Kier alpha value is -1.10. The molecular formula is C25H35FO3S. The Morgan fingerprint density at radius 2 is 2.03 bits per heavy atom. The Labute approximate surface area is 184 Å². The summed E-state index contributed by atoms with van der Waals surface area (Å²) in [5.74, 6) is -0.403. The number of hydrogen-bond acceptors (Lipinski definition) is 4. The molecule has 0 spiro atoms. The Morgan fingerprint density at radius 1 is 1.30 bits per heavy atom. The summed E-state index contributed by atoms with van der Waals surface area (Å²) in [6, 6.07) is 0. The van der Waals surface area contributed by atoms with Crippen molar-refractivity contribution >= 4 is 23.5 Å². The quantitative estimate of drug-likeness (QED) is 0.522. The number of allylic oxidation sites excluding steroid dienone is 4. The molecule has 0 aromatic heterocycles. The van der Waals surface area contributed by atoms with Crippen molar-refractivity contribution in [3.8, 4) is 0 Å². The molecule has 30 heavy (non-hydrogen) atoms. The highest BCUT2D eigenvalue weighted by molar-refractivity contribution is 8.00. The van der Waals surface area contributed by atoms with Gasteiger partial charge in [-0.3, -0.25) is 9.59 Å². The molecule has 7 atom stereocenters. The molecule has 4 aliphatic rings. The number of ketones is 1. The van der Waals surface area contributed by atoms with Crippen LogP contribution >= 0.6 is 11.8 Å². The standard InChI is InChI=1S/C25H35FO3S/c1-6-11-24(30-5)13-10-19-20-8-7-17-14-18(28)9-12-22(17,3)25(20,26)21(29-16(2)27)15-23(19,24)4/h9,12,14,19-21H,6-8,10-11,13,15H2,1-5H3/t19-,20-,21-,22-,23-,24+,25?/m0/s1. The van der Waals surface area contributed by atoms with Crippen molar-refractivity contribution in [1.29, 1.82) is 0 Å². The van der Waals surface area contributed by atoms with E-state index in [-0.39, 0.29) is 27.8 Å². The van der Waals surface area contributed by atoms with E-state index in [1.165, 1.54) is 13.0 Å². The van der Waals surface area contributed by atoms with Crippen LogP contribution in [0.5, 0.6) is 0 Å². The maximum Gasteiger partial charge on any atom is 0.303 e. The van der Waals surface area contributed by atoms with Gasteiger partial charge < -0.3 is 4.74 Å². The first-order valence-electron chi connectivity index (χ1n) is 11.4. The minimum absolute atomic E-state index is 0.0700. The topological polar surface area (TPSA) is 43.4 Å². The van der Waals surface area contributed by atoms with E-state index in [0.29, 0.717) is 12.8 Å². The Bertz CT molecular complexity index is 821. The van der Waals surface area contributed by atoms with Gasteiger partial charge in [0.2, 0.25) is 0 Å². The molecule has 0 amide bonds. The van der Waals surface area contributed by atoms with Gasteiger partial charge in [-0.15, -0.1) is 0 Å². The smallest absolute Gasteiger partial charge is 0.303 e. The summed E-state index contributed by atoms with van der Waals surface area (Å²) in [6.45, 7) is 7.86. The predicted molar refractivity (Wildman–Crippen MR) is 119 cm³/mol. The number of rotatable bonds is 4. The van der Waals surface area contributed by atoms with Crippen LogP contribution in [0.15, 0.2) is 23.8 Å².